The Balaban J connectivity index is 1.25. The Morgan fingerprint density at radius 3 is 2.57 bits per heavy atom. The molecule has 35 heavy (non-hydrogen) atoms. The smallest absolute Gasteiger partial charge is 0.270 e. The van der Waals surface area contributed by atoms with Gasteiger partial charge in [-0.2, -0.15) is 15.3 Å². The van der Waals surface area contributed by atoms with E-state index in [-0.39, 0.29) is 48.6 Å². The van der Waals surface area contributed by atoms with Gasteiger partial charge in [-0.25, -0.2) is 9.40 Å². The molecule has 2 amide bonds. The second-order valence-electron chi connectivity index (χ2n) is 8.17. The number of benzene rings is 1. The summed E-state index contributed by atoms with van der Waals surface area (Å²) in [5, 5.41) is 15.1. The Morgan fingerprint density at radius 2 is 1.89 bits per heavy atom. The minimum Gasteiger partial charge on any atom is -0.459 e. The summed E-state index contributed by atoms with van der Waals surface area (Å²) >= 11 is 0. The average Bonchev–Trinajstić information content (AvgIpc) is 3.56. The van der Waals surface area contributed by atoms with Crippen molar-refractivity contribution >= 4 is 23.4 Å². The van der Waals surface area contributed by atoms with Crippen LogP contribution in [0.4, 0.5) is 10.3 Å². The fourth-order valence-corrected chi connectivity index (χ4v) is 4.04. The number of hydrogen-bond acceptors (Lipinski definition) is 8. The molecule has 0 bridgehead atoms. The van der Waals surface area contributed by atoms with E-state index in [1.807, 2.05) is 11.0 Å². The highest BCUT2D eigenvalue weighted by Gasteiger charge is 2.31. The highest BCUT2D eigenvalue weighted by atomic mass is 19.1. The van der Waals surface area contributed by atoms with E-state index in [0.717, 1.165) is 5.56 Å². The van der Waals surface area contributed by atoms with Crippen LogP contribution in [0.25, 0.3) is 11.7 Å². The maximum atomic E-state index is 13.2. The van der Waals surface area contributed by atoms with Gasteiger partial charge < -0.3 is 18.6 Å². The maximum absolute atomic E-state index is 13.2. The summed E-state index contributed by atoms with van der Waals surface area (Å²) in [7, 11) is 0. The predicted octanol–water partition coefficient (Wildman–Crippen LogP) is 2.77. The van der Waals surface area contributed by atoms with Crippen molar-refractivity contribution in [1.29, 1.82) is 5.26 Å². The molecule has 0 aliphatic carbocycles. The zero-order chi connectivity index (χ0) is 24.4. The number of hydrazone groups is 1. The molecule has 3 aromatic rings. The van der Waals surface area contributed by atoms with Gasteiger partial charge in [0, 0.05) is 39.0 Å². The fourth-order valence-electron chi connectivity index (χ4n) is 4.04. The number of rotatable bonds is 5. The van der Waals surface area contributed by atoms with Crippen LogP contribution in [0, 0.1) is 17.1 Å². The van der Waals surface area contributed by atoms with Crippen molar-refractivity contribution in [1.82, 2.24) is 14.9 Å². The van der Waals surface area contributed by atoms with E-state index in [1.54, 1.807) is 29.2 Å². The first-order valence-corrected chi connectivity index (χ1v) is 11.1. The summed E-state index contributed by atoms with van der Waals surface area (Å²) in [5.41, 5.74) is 1.19. The number of anilines is 1. The number of halogens is 1. The van der Waals surface area contributed by atoms with Crippen molar-refractivity contribution in [2.24, 2.45) is 5.10 Å². The molecule has 0 spiro atoms. The molecule has 0 radical (unpaired) electrons. The molecule has 11 heteroatoms. The molecule has 2 aromatic heterocycles. The number of hydrogen-bond donors (Lipinski definition) is 0. The predicted molar refractivity (Wildman–Crippen MR) is 121 cm³/mol. The molecule has 5 rings (SSSR count). The van der Waals surface area contributed by atoms with Crippen molar-refractivity contribution in [3.63, 3.8) is 0 Å². The number of carbonyl (C=O) groups is 2. The van der Waals surface area contributed by atoms with E-state index in [2.05, 4.69) is 10.1 Å². The van der Waals surface area contributed by atoms with Crippen molar-refractivity contribution < 1.29 is 22.8 Å². The van der Waals surface area contributed by atoms with Gasteiger partial charge in [-0.05, 0) is 29.8 Å². The van der Waals surface area contributed by atoms with Crippen LogP contribution in [0.3, 0.4) is 0 Å². The van der Waals surface area contributed by atoms with Gasteiger partial charge in [-0.15, -0.1) is 0 Å². The SMILES string of the molecule is N#Cc1nc(-c2ccco2)oc1N1CCN(C(=O)C2=NN(Cc3ccc(F)cc3)C(=O)CC2)CC1. The molecule has 4 heterocycles. The number of piperazine rings is 1. The van der Waals surface area contributed by atoms with Crippen molar-refractivity contribution in [3.05, 3.63) is 59.7 Å². The summed E-state index contributed by atoms with van der Waals surface area (Å²) in [6, 6.07) is 11.3. The van der Waals surface area contributed by atoms with Crippen LogP contribution in [-0.2, 0) is 16.1 Å². The van der Waals surface area contributed by atoms with Crippen LogP contribution < -0.4 is 4.90 Å². The number of oxazole rings is 1. The molecule has 2 aliphatic rings. The molecule has 1 saturated heterocycles. The zero-order valence-electron chi connectivity index (χ0n) is 18.7. The monoisotopic (exact) mass is 476 g/mol. The summed E-state index contributed by atoms with van der Waals surface area (Å²) in [6.07, 6.45) is 1.95. The summed E-state index contributed by atoms with van der Waals surface area (Å²) in [5.74, 6) is 0.228. The van der Waals surface area contributed by atoms with Gasteiger partial charge in [-0.1, -0.05) is 12.1 Å². The van der Waals surface area contributed by atoms with Gasteiger partial charge in [0.2, 0.25) is 17.5 Å². The molecule has 0 saturated carbocycles. The summed E-state index contributed by atoms with van der Waals surface area (Å²) in [4.78, 5) is 33.2. The molecule has 0 unspecified atom stereocenters. The van der Waals surface area contributed by atoms with Gasteiger partial charge in [0.25, 0.3) is 11.8 Å². The third-order valence-corrected chi connectivity index (χ3v) is 5.90. The van der Waals surface area contributed by atoms with Gasteiger partial charge in [0.05, 0.1) is 12.8 Å². The number of nitriles is 1. The Bertz CT molecular complexity index is 1300. The van der Waals surface area contributed by atoms with E-state index < -0.39 is 0 Å². The van der Waals surface area contributed by atoms with E-state index in [1.165, 1.54) is 23.4 Å². The molecule has 2 aliphatic heterocycles. The Labute approximate surface area is 199 Å². The lowest BCUT2D eigenvalue weighted by Crippen LogP contribution is -2.51. The van der Waals surface area contributed by atoms with Gasteiger partial charge in [-0.3, -0.25) is 9.59 Å². The Kier molecular flexibility index (Phi) is 6.01. The molecule has 0 atom stereocenters. The second-order valence-corrected chi connectivity index (χ2v) is 8.17. The maximum Gasteiger partial charge on any atom is 0.270 e. The van der Waals surface area contributed by atoms with Crippen LogP contribution in [0.5, 0.6) is 0 Å². The first-order valence-electron chi connectivity index (χ1n) is 11.1. The van der Waals surface area contributed by atoms with Crippen LogP contribution in [0.1, 0.15) is 24.1 Å². The lowest BCUT2D eigenvalue weighted by Gasteiger charge is -2.35. The highest BCUT2D eigenvalue weighted by molar-refractivity contribution is 6.39. The number of nitrogens with zero attached hydrogens (tertiary/aromatic N) is 6. The first kappa shape index (κ1) is 22.3. The average molecular weight is 476 g/mol. The topological polar surface area (TPSA) is 119 Å². The van der Waals surface area contributed by atoms with E-state index in [4.69, 9.17) is 8.83 Å². The lowest BCUT2D eigenvalue weighted by atomic mass is 10.1. The van der Waals surface area contributed by atoms with Crippen molar-refractivity contribution in [2.45, 2.75) is 19.4 Å². The van der Waals surface area contributed by atoms with Crippen molar-refractivity contribution in [3.8, 4) is 17.7 Å². The molecule has 10 nitrogen and oxygen atoms in total. The third kappa shape index (κ3) is 4.63. The molecule has 178 valence electrons. The van der Waals surface area contributed by atoms with Crippen LogP contribution in [0.15, 0.2) is 56.6 Å². The second kappa shape index (κ2) is 9.42. The highest BCUT2D eigenvalue weighted by Crippen LogP contribution is 2.29. The summed E-state index contributed by atoms with van der Waals surface area (Å²) < 4.78 is 24.3. The van der Waals surface area contributed by atoms with Crippen LogP contribution in [-0.4, -0.2) is 58.6 Å². The Hall–Kier alpha value is -4.46. The van der Waals surface area contributed by atoms with Crippen LogP contribution in [0.2, 0.25) is 0 Å². The minimum atomic E-state index is -0.360. The van der Waals surface area contributed by atoms with Gasteiger partial charge in [0.15, 0.2) is 5.76 Å². The van der Waals surface area contributed by atoms with Gasteiger partial charge >= 0.3 is 0 Å². The Morgan fingerprint density at radius 1 is 1.11 bits per heavy atom. The van der Waals surface area contributed by atoms with Gasteiger partial charge in [0.1, 0.15) is 17.6 Å². The van der Waals surface area contributed by atoms with E-state index in [0.29, 0.717) is 43.5 Å². The standard InChI is InChI=1S/C24H21FN6O4/c25-17-5-3-16(4-6-17)15-31-21(32)8-7-18(28-31)23(33)29-9-11-30(12-10-29)24-19(14-26)27-22(35-24)20-2-1-13-34-20/h1-6,13H,7-12,15H2. The fraction of sp³-hybridized carbons (Fsp3) is 0.292. The molecule has 0 N–H and O–H groups in total. The van der Waals surface area contributed by atoms with E-state index >= 15 is 0 Å². The molecular formula is C24H21FN6O4. The van der Waals surface area contributed by atoms with E-state index in [9.17, 15) is 19.2 Å². The molecule has 1 aromatic carbocycles. The normalized spacial score (nSPS) is 16.3. The number of aromatic nitrogens is 1. The third-order valence-electron chi connectivity index (χ3n) is 5.90. The van der Waals surface area contributed by atoms with Crippen LogP contribution >= 0.6 is 0 Å². The van der Waals surface area contributed by atoms with Crippen molar-refractivity contribution in [2.75, 3.05) is 31.1 Å². The number of amides is 2. The molecule has 1 fully saturated rings. The lowest BCUT2D eigenvalue weighted by molar-refractivity contribution is -0.132. The summed E-state index contributed by atoms with van der Waals surface area (Å²) in [6.45, 7) is 1.85. The largest absolute Gasteiger partial charge is 0.459 e. The number of carbonyl (C=O) groups excluding carboxylic acids is 2. The zero-order valence-corrected chi connectivity index (χ0v) is 18.7. The number of furan rings is 1. The molecular weight excluding hydrogens is 455 g/mol. The first-order chi connectivity index (χ1) is 17.0. The quantitative estimate of drug-likeness (QED) is 0.555. The minimum absolute atomic E-state index is 0.155.